The molecule has 0 aromatic heterocycles. The van der Waals surface area contributed by atoms with Gasteiger partial charge in [0.25, 0.3) is 0 Å². The highest BCUT2D eigenvalue weighted by atomic mass is 16.5. The Bertz CT molecular complexity index is 375. The number of methoxy groups -OCH3 is 2. The van der Waals surface area contributed by atoms with Gasteiger partial charge < -0.3 is 14.8 Å². The van der Waals surface area contributed by atoms with Crippen molar-refractivity contribution in [2.24, 2.45) is 4.99 Å². The molecule has 1 aromatic carbocycles. The van der Waals surface area contributed by atoms with E-state index in [0.29, 0.717) is 5.75 Å². The van der Waals surface area contributed by atoms with Gasteiger partial charge in [0.1, 0.15) is 0 Å². The van der Waals surface area contributed by atoms with Gasteiger partial charge in [0, 0.05) is 18.2 Å². The van der Waals surface area contributed by atoms with Gasteiger partial charge in [0.05, 0.1) is 26.2 Å². The van der Waals surface area contributed by atoms with Crippen LogP contribution < -0.4 is 14.8 Å². The summed E-state index contributed by atoms with van der Waals surface area (Å²) in [5.74, 6) is 1.45. The Kier molecular flexibility index (Phi) is 2.26. The molecule has 1 aliphatic heterocycles. The van der Waals surface area contributed by atoms with Gasteiger partial charge in [-0.2, -0.15) is 0 Å². The molecule has 0 aliphatic carbocycles. The van der Waals surface area contributed by atoms with E-state index in [1.54, 1.807) is 20.6 Å². The van der Waals surface area contributed by atoms with Crippen molar-refractivity contribution in [2.45, 2.75) is 6.54 Å². The summed E-state index contributed by atoms with van der Waals surface area (Å²) in [5.41, 5.74) is 2.05. The summed E-state index contributed by atoms with van der Waals surface area (Å²) in [4.78, 5) is 4.21. The molecular weight excluding hydrogens is 180 g/mol. The van der Waals surface area contributed by atoms with Crippen molar-refractivity contribution >= 4 is 12.0 Å². The lowest BCUT2D eigenvalue weighted by atomic mass is 10.1. The molecular formula is C10H12N2O2. The van der Waals surface area contributed by atoms with Crippen molar-refractivity contribution in [1.82, 2.24) is 5.32 Å². The van der Waals surface area contributed by atoms with Crippen LogP contribution in [0, 0.1) is 0 Å². The van der Waals surface area contributed by atoms with Crippen LogP contribution >= 0.6 is 0 Å². The zero-order valence-corrected chi connectivity index (χ0v) is 8.20. The van der Waals surface area contributed by atoms with E-state index < -0.39 is 0 Å². The van der Waals surface area contributed by atoms with E-state index in [9.17, 15) is 0 Å². The van der Waals surface area contributed by atoms with Crippen LogP contribution in [0.15, 0.2) is 17.1 Å². The Morgan fingerprint density at radius 2 is 1.93 bits per heavy atom. The molecule has 0 bridgehead atoms. The molecule has 14 heavy (non-hydrogen) atoms. The molecule has 4 nitrogen and oxygen atoms in total. The number of benzene rings is 1. The van der Waals surface area contributed by atoms with Gasteiger partial charge in [0.2, 0.25) is 0 Å². The van der Waals surface area contributed by atoms with Crippen LogP contribution in [0.3, 0.4) is 0 Å². The molecule has 0 saturated heterocycles. The van der Waals surface area contributed by atoms with Crippen LogP contribution in [-0.4, -0.2) is 20.6 Å². The molecule has 1 heterocycles. The van der Waals surface area contributed by atoms with Crippen molar-refractivity contribution in [3.63, 3.8) is 0 Å². The zero-order chi connectivity index (χ0) is 9.97. The van der Waals surface area contributed by atoms with Crippen molar-refractivity contribution in [2.75, 3.05) is 14.2 Å². The van der Waals surface area contributed by atoms with Gasteiger partial charge in [-0.05, 0) is 6.07 Å². The summed E-state index contributed by atoms with van der Waals surface area (Å²) in [5, 5.41) is 3.04. The maximum Gasteiger partial charge on any atom is 0.162 e. The van der Waals surface area contributed by atoms with Crippen molar-refractivity contribution in [3.8, 4) is 11.5 Å². The summed E-state index contributed by atoms with van der Waals surface area (Å²) in [6.45, 7) is 0.777. The molecule has 1 N–H and O–H groups in total. The van der Waals surface area contributed by atoms with Gasteiger partial charge in [0.15, 0.2) is 11.5 Å². The number of rotatable bonds is 2. The number of aliphatic imine (C=N–C) groups is 1. The van der Waals surface area contributed by atoms with Gasteiger partial charge in [-0.25, -0.2) is 4.99 Å². The average Bonchev–Trinajstić information content (AvgIpc) is 2.27. The molecule has 2 rings (SSSR count). The molecule has 1 aliphatic rings. The average molecular weight is 192 g/mol. The molecule has 0 fully saturated rings. The first-order chi connectivity index (χ1) is 6.85. The predicted molar refractivity (Wildman–Crippen MR) is 54.5 cm³/mol. The molecule has 0 spiro atoms. The largest absolute Gasteiger partial charge is 0.493 e. The molecule has 74 valence electrons. The minimum atomic E-state index is 0.713. The lowest BCUT2D eigenvalue weighted by molar-refractivity contribution is 0.354. The fraction of sp³-hybridized carbons (Fsp3) is 0.300. The van der Waals surface area contributed by atoms with Gasteiger partial charge in [-0.1, -0.05) is 0 Å². The monoisotopic (exact) mass is 192 g/mol. The van der Waals surface area contributed by atoms with Crippen LogP contribution in [0.25, 0.3) is 0 Å². The molecule has 0 radical (unpaired) electrons. The van der Waals surface area contributed by atoms with E-state index in [0.717, 1.165) is 23.5 Å². The summed E-state index contributed by atoms with van der Waals surface area (Å²) in [7, 11) is 3.25. The van der Waals surface area contributed by atoms with Crippen LogP contribution in [-0.2, 0) is 6.54 Å². The molecule has 0 unspecified atom stereocenters. The lowest BCUT2D eigenvalue weighted by Gasteiger charge is -2.15. The molecule has 0 atom stereocenters. The highest BCUT2D eigenvalue weighted by molar-refractivity contribution is 5.69. The Labute approximate surface area is 82.6 Å². The SMILES string of the molecule is COc1cc2c(cc1OC)N=CNC2. The van der Waals surface area contributed by atoms with Crippen molar-refractivity contribution in [3.05, 3.63) is 17.7 Å². The lowest BCUT2D eigenvalue weighted by Crippen LogP contribution is -2.14. The minimum absolute atomic E-state index is 0.713. The number of ether oxygens (including phenoxy) is 2. The number of hydrogen-bond acceptors (Lipinski definition) is 4. The first-order valence-electron chi connectivity index (χ1n) is 4.36. The smallest absolute Gasteiger partial charge is 0.162 e. The summed E-state index contributed by atoms with van der Waals surface area (Å²) < 4.78 is 10.4. The minimum Gasteiger partial charge on any atom is -0.493 e. The fourth-order valence-electron chi connectivity index (χ4n) is 1.44. The third-order valence-electron chi connectivity index (χ3n) is 2.17. The van der Waals surface area contributed by atoms with E-state index in [4.69, 9.17) is 9.47 Å². The van der Waals surface area contributed by atoms with Crippen LogP contribution in [0.1, 0.15) is 5.56 Å². The number of hydrogen-bond donors (Lipinski definition) is 1. The number of nitrogens with one attached hydrogen (secondary N) is 1. The Morgan fingerprint density at radius 1 is 1.21 bits per heavy atom. The Balaban J connectivity index is 2.50. The Morgan fingerprint density at radius 3 is 2.64 bits per heavy atom. The third-order valence-corrected chi connectivity index (χ3v) is 2.17. The topological polar surface area (TPSA) is 42.9 Å². The first-order valence-corrected chi connectivity index (χ1v) is 4.36. The highest BCUT2D eigenvalue weighted by Crippen LogP contribution is 2.35. The third kappa shape index (κ3) is 1.39. The van der Waals surface area contributed by atoms with Gasteiger partial charge >= 0.3 is 0 Å². The van der Waals surface area contributed by atoms with Gasteiger partial charge in [-0.15, -0.1) is 0 Å². The zero-order valence-electron chi connectivity index (χ0n) is 8.20. The molecule has 0 amide bonds. The number of fused-ring (bicyclic) bond motifs is 1. The fourth-order valence-corrected chi connectivity index (χ4v) is 1.44. The Hall–Kier alpha value is -1.71. The van der Waals surface area contributed by atoms with E-state index >= 15 is 0 Å². The maximum atomic E-state index is 5.20. The van der Waals surface area contributed by atoms with Crippen LogP contribution in [0.4, 0.5) is 5.69 Å². The standard InChI is InChI=1S/C10H12N2O2/c1-13-9-3-7-5-11-6-12-8(7)4-10(9)14-2/h3-4,6H,5H2,1-2H3,(H,11,12). The second-order valence-electron chi connectivity index (χ2n) is 2.98. The van der Waals surface area contributed by atoms with Crippen molar-refractivity contribution < 1.29 is 9.47 Å². The van der Waals surface area contributed by atoms with E-state index in [2.05, 4.69) is 10.3 Å². The van der Waals surface area contributed by atoms with Crippen LogP contribution in [0.2, 0.25) is 0 Å². The molecule has 1 aromatic rings. The van der Waals surface area contributed by atoms with E-state index in [1.807, 2.05) is 12.1 Å². The van der Waals surface area contributed by atoms with Crippen molar-refractivity contribution in [1.29, 1.82) is 0 Å². The summed E-state index contributed by atoms with van der Waals surface area (Å²) in [6.07, 6.45) is 1.69. The van der Waals surface area contributed by atoms with E-state index in [-0.39, 0.29) is 0 Å². The second-order valence-corrected chi connectivity index (χ2v) is 2.98. The summed E-state index contributed by atoms with van der Waals surface area (Å²) >= 11 is 0. The normalized spacial score (nSPS) is 13.0. The molecule has 4 heteroatoms. The summed E-state index contributed by atoms with van der Waals surface area (Å²) in [6, 6.07) is 3.82. The van der Waals surface area contributed by atoms with E-state index in [1.165, 1.54) is 0 Å². The highest BCUT2D eigenvalue weighted by Gasteiger charge is 2.11. The predicted octanol–water partition coefficient (Wildman–Crippen LogP) is 1.47. The number of nitrogens with zero attached hydrogens (tertiary/aromatic N) is 1. The van der Waals surface area contributed by atoms with Crippen LogP contribution in [0.5, 0.6) is 11.5 Å². The maximum absolute atomic E-state index is 5.20. The quantitative estimate of drug-likeness (QED) is 0.771. The second kappa shape index (κ2) is 3.57. The molecule has 0 saturated carbocycles. The first kappa shape index (κ1) is 8.87. The van der Waals surface area contributed by atoms with Gasteiger partial charge in [-0.3, -0.25) is 0 Å².